The molecule has 0 spiro atoms. The van der Waals surface area contributed by atoms with Crippen LogP contribution in [-0.4, -0.2) is 23.4 Å². The van der Waals surface area contributed by atoms with Crippen molar-refractivity contribution in [1.82, 2.24) is 9.78 Å². The molecule has 31 heavy (non-hydrogen) atoms. The topological polar surface area (TPSA) is 95.0 Å². The number of hydrogen-bond donors (Lipinski definition) is 1. The van der Waals surface area contributed by atoms with E-state index in [9.17, 15) is 17.6 Å². The number of rotatable bonds is 5. The maximum absolute atomic E-state index is 13.4. The van der Waals surface area contributed by atoms with Crippen LogP contribution in [-0.2, 0) is 16.4 Å². The fourth-order valence-electron chi connectivity index (χ4n) is 3.45. The third-order valence-corrected chi connectivity index (χ3v) is 6.45. The zero-order valence-electron chi connectivity index (χ0n) is 16.7. The van der Waals surface area contributed by atoms with Gasteiger partial charge in [-0.15, -0.1) is 0 Å². The van der Waals surface area contributed by atoms with Crippen LogP contribution in [0.2, 0.25) is 0 Å². The summed E-state index contributed by atoms with van der Waals surface area (Å²) in [5.41, 5.74) is 2.20. The maximum atomic E-state index is 13.4. The lowest BCUT2D eigenvalue weighted by atomic mass is 10.0. The van der Waals surface area contributed by atoms with E-state index in [2.05, 4.69) is 5.10 Å². The molecule has 0 bridgehead atoms. The smallest absolute Gasteiger partial charge is 0.267 e. The first-order valence-electron chi connectivity index (χ1n) is 9.63. The standard InChI is InChI=1S/C23H20FN3O3S/c1-15(31(25,29)30)13-16-5-4-6-17(14-16)22-20-7-2-3-8-21(20)23(28)27(26-22)19-11-9-18(24)10-12-19/h2-12,14-15H,13H2,1H3,(H2,25,29,30). The number of primary sulfonamides is 1. The second-order valence-corrected chi connectivity index (χ2v) is 9.37. The predicted octanol–water partition coefficient (Wildman–Crippen LogP) is 3.41. The number of halogens is 1. The molecule has 0 saturated heterocycles. The lowest BCUT2D eigenvalue weighted by Gasteiger charge is -2.13. The van der Waals surface area contributed by atoms with Crippen LogP contribution in [0.1, 0.15) is 12.5 Å². The van der Waals surface area contributed by atoms with Crippen LogP contribution in [0.5, 0.6) is 0 Å². The second kappa shape index (κ2) is 8.05. The van der Waals surface area contributed by atoms with Gasteiger partial charge >= 0.3 is 0 Å². The van der Waals surface area contributed by atoms with E-state index >= 15 is 0 Å². The number of nitrogens with zero attached hydrogens (tertiary/aromatic N) is 2. The molecule has 4 aromatic rings. The van der Waals surface area contributed by atoms with Crippen molar-refractivity contribution >= 4 is 20.8 Å². The van der Waals surface area contributed by atoms with Crippen molar-refractivity contribution in [3.05, 3.63) is 94.5 Å². The average Bonchev–Trinajstić information content (AvgIpc) is 2.74. The number of benzene rings is 3. The number of fused-ring (bicyclic) bond motifs is 1. The van der Waals surface area contributed by atoms with Crippen LogP contribution in [0.15, 0.2) is 77.6 Å². The van der Waals surface area contributed by atoms with E-state index < -0.39 is 21.1 Å². The molecule has 1 atom stereocenters. The van der Waals surface area contributed by atoms with Crippen LogP contribution in [0.3, 0.4) is 0 Å². The Labute approximate surface area is 178 Å². The third kappa shape index (κ3) is 4.26. The predicted molar refractivity (Wildman–Crippen MR) is 119 cm³/mol. The molecule has 2 N–H and O–H groups in total. The highest BCUT2D eigenvalue weighted by molar-refractivity contribution is 7.89. The summed E-state index contributed by atoms with van der Waals surface area (Å²) in [6.45, 7) is 1.56. The molecule has 0 aliphatic heterocycles. The summed E-state index contributed by atoms with van der Waals surface area (Å²) in [5, 5.41) is 10.2. The Morgan fingerprint density at radius 3 is 2.35 bits per heavy atom. The zero-order valence-corrected chi connectivity index (χ0v) is 17.5. The van der Waals surface area contributed by atoms with Gasteiger partial charge in [0, 0.05) is 10.9 Å². The second-order valence-electron chi connectivity index (χ2n) is 7.39. The number of sulfonamides is 1. The maximum Gasteiger partial charge on any atom is 0.279 e. The van der Waals surface area contributed by atoms with Gasteiger partial charge in [0.05, 0.1) is 22.0 Å². The van der Waals surface area contributed by atoms with Crippen molar-refractivity contribution in [2.75, 3.05) is 0 Å². The van der Waals surface area contributed by atoms with Crippen molar-refractivity contribution in [2.24, 2.45) is 5.14 Å². The van der Waals surface area contributed by atoms with E-state index in [1.165, 1.54) is 28.9 Å². The van der Waals surface area contributed by atoms with Crippen molar-refractivity contribution < 1.29 is 12.8 Å². The Hall–Kier alpha value is -3.36. The van der Waals surface area contributed by atoms with Gasteiger partial charge in [0.2, 0.25) is 10.0 Å². The van der Waals surface area contributed by atoms with Crippen molar-refractivity contribution in [1.29, 1.82) is 0 Å². The molecule has 4 rings (SSSR count). The first-order chi connectivity index (χ1) is 14.7. The molecule has 0 saturated carbocycles. The fraction of sp³-hybridized carbons (Fsp3) is 0.130. The summed E-state index contributed by atoms with van der Waals surface area (Å²) >= 11 is 0. The SMILES string of the molecule is CC(Cc1cccc(-c2nn(-c3ccc(F)cc3)c(=O)c3ccccc23)c1)S(N)(=O)=O. The molecular formula is C23H20FN3O3S. The van der Waals surface area contributed by atoms with Gasteiger partial charge < -0.3 is 0 Å². The van der Waals surface area contributed by atoms with Gasteiger partial charge in [-0.25, -0.2) is 17.9 Å². The van der Waals surface area contributed by atoms with Crippen molar-refractivity contribution in [2.45, 2.75) is 18.6 Å². The van der Waals surface area contributed by atoms with Crippen LogP contribution in [0.25, 0.3) is 27.7 Å². The molecule has 0 fully saturated rings. The largest absolute Gasteiger partial charge is 0.279 e. The summed E-state index contributed by atoms with van der Waals surface area (Å²) in [6, 6.07) is 20.0. The van der Waals surface area contributed by atoms with E-state index in [-0.39, 0.29) is 12.0 Å². The van der Waals surface area contributed by atoms with E-state index in [0.717, 1.165) is 11.1 Å². The molecule has 1 aromatic heterocycles. The first-order valence-corrected chi connectivity index (χ1v) is 11.2. The van der Waals surface area contributed by atoms with Gasteiger partial charge in [-0.05, 0) is 55.3 Å². The normalized spacial score (nSPS) is 12.7. The molecule has 0 amide bonds. The average molecular weight is 437 g/mol. The number of hydrogen-bond acceptors (Lipinski definition) is 4. The van der Waals surface area contributed by atoms with Crippen molar-refractivity contribution in [3.8, 4) is 16.9 Å². The summed E-state index contributed by atoms with van der Waals surface area (Å²) in [4.78, 5) is 13.0. The molecule has 0 radical (unpaired) electrons. The van der Waals surface area contributed by atoms with Gasteiger partial charge in [0.1, 0.15) is 5.82 Å². The van der Waals surface area contributed by atoms with E-state index in [0.29, 0.717) is 22.2 Å². The Morgan fingerprint density at radius 1 is 1.00 bits per heavy atom. The zero-order chi connectivity index (χ0) is 22.2. The summed E-state index contributed by atoms with van der Waals surface area (Å²) in [7, 11) is -3.66. The highest BCUT2D eigenvalue weighted by Gasteiger charge is 2.18. The van der Waals surface area contributed by atoms with Crippen LogP contribution in [0, 0.1) is 5.82 Å². The molecular weight excluding hydrogens is 417 g/mol. The minimum absolute atomic E-state index is 0.252. The Kier molecular flexibility index (Phi) is 5.43. The van der Waals surface area contributed by atoms with E-state index in [1.54, 1.807) is 19.1 Å². The third-order valence-electron chi connectivity index (χ3n) is 5.16. The number of aromatic nitrogens is 2. The molecule has 0 aliphatic carbocycles. The van der Waals surface area contributed by atoms with E-state index in [1.807, 2.05) is 36.4 Å². The molecule has 6 nitrogen and oxygen atoms in total. The van der Waals surface area contributed by atoms with Gasteiger partial charge in [-0.3, -0.25) is 4.79 Å². The summed E-state index contributed by atoms with van der Waals surface area (Å²) < 4.78 is 37.9. The van der Waals surface area contributed by atoms with Crippen LogP contribution < -0.4 is 10.7 Å². The molecule has 3 aromatic carbocycles. The Morgan fingerprint density at radius 2 is 1.68 bits per heavy atom. The molecule has 158 valence electrons. The molecule has 1 unspecified atom stereocenters. The van der Waals surface area contributed by atoms with Crippen molar-refractivity contribution in [3.63, 3.8) is 0 Å². The number of nitrogens with two attached hydrogens (primary N) is 1. The van der Waals surface area contributed by atoms with Gasteiger partial charge in [0.15, 0.2) is 0 Å². The Bertz CT molecular complexity index is 1430. The highest BCUT2D eigenvalue weighted by Crippen LogP contribution is 2.26. The quantitative estimate of drug-likeness (QED) is 0.518. The van der Waals surface area contributed by atoms with Gasteiger partial charge in [-0.1, -0.05) is 36.4 Å². The van der Waals surface area contributed by atoms with Gasteiger partial charge in [-0.2, -0.15) is 9.78 Å². The summed E-state index contributed by atoms with van der Waals surface area (Å²) in [5.74, 6) is -0.408. The molecule has 1 heterocycles. The fourth-order valence-corrected chi connectivity index (χ4v) is 3.88. The van der Waals surface area contributed by atoms with E-state index in [4.69, 9.17) is 5.14 Å². The minimum atomic E-state index is -3.66. The minimum Gasteiger partial charge on any atom is -0.267 e. The lowest BCUT2D eigenvalue weighted by Crippen LogP contribution is -2.27. The summed E-state index contributed by atoms with van der Waals surface area (Å²) in [6.07, 6.45) is 0.252. The lowest BCUT2D eigenvalue weighted by molar-refractivity contribution is 0.584. The van der Waals surface area contributed by atoms with Crippen LogP contribution >= 0.6 is 0 Å². The first kappa shape index (κ1) is 20.9. The molecule has 8 heteroatoms. The van der Waals surface area contributed by atoms with Crippen LogP contribution in [0.4, 0.5) is 4.39 Å². The van der Waals surface area contributed by atoms with Gasteiger partial charge in [0.25, 0.3) is 5.56 Å². The Balaban J connectivity index is 1.90. The molecule has 0 aliphatic rings. The highest BCUT2D eigenvalue weighted by atomic mass is 32.2. The monoisotopic (exact) mass is 437 g/mol.